The fraction of sp³-hybridized carbons (Fsp3) is 0.500. The van der Waals surface area contributed by atoms with E-state index < -0.39 is 0 Å². The zero-order valence-corrected chi connectivity index (χ0v) is 11.7. The lowest BCUT2D eigenvalue weighted by molar-refractivity contribution is -0.0914. The second kappa shape index (κ2) is 7.31. The van der Waals surface area contributed by atoms with Crippen molar-refractivity contribution in [3.63, 3.8) is 0 Å². The third kappa shape index (κ3) is 3.66. The molecule has 0 spiro atoms. The van der Waals surface area contributed by atoms with Gasteiger partial charge in [-0.3, -0.25) is 0 Å². The topological polar surface area (TPSA) is 49.0 Å². The average molecular weight is 276 g/mol. The molecule has 1 N–H and O–H groups in total. The Hall–Kier alpha value is -1.17. The second-order valence-corrected chi connectivity index (χ2v) is 3.88. The van der Waals surface area contributed by atoms with E-state index in [1.165, 1.54) is 0 Å². The van der Waals surface area contributed by atoms with Crippen LogP contribution >= 0.6 is 11.6 Å². The molecule has 0 bridgehead atoms. The normalized spacial score (nSPS) is 10.6. The molecule has 0 saturated heterocycles. The van der Waals surface area contributed by atoms with Gasteiger partial charge in [0.15, 0.2) is 6.29 Å². The summed E-state index contributed by atoms with van der Waals surface area (Å²) in [5.41, 5.74) is 0.752. The Kier molecular flexibility index (Phi) is 6.04. The quantitative estimate of drug-likeness (QED) is 0.775. The van der Waals surface area contributed by atoms with Crippen LogP contribution in [0.1, 0.15) is 0 Å². The van der Waals surface area contributed by atoms with Gasteiger partial charge in [0.05, 0.1) is 31.5 Å². The maximum absolute atomic E-state index is 6.06. The molecule has 0 unspecified atom stereocenters. The molecule has 0 aliphatic carbocycles. The number of hydrogen-bond donors (Lipinski definition) is 1. The number of halogens is 1. The summed E-state index contributed by atoms with van der Waals surface area (Å²) in [7, 11) is 6.29. The molecule has 102 valence electrons. The highest BCUT2D eigenvalue weighted by atomic mass is 35.5. The highest BCUT2D eigenvalue weighted by molar-refractivity contribution is 6.32. The minimum atomic E-state index is -0.337. The summed E-state index contributed by atoms with van der Waals surface area (Å²) < 4.78 is 20.6. The lowest BCUT2D eigenvalue weighted by Gasteiger charge is -2.17. The molecule has 0 fully saturated rings. The Morgan fingerprint density at radius 1 is 1.06 bits per heavy atom. The zero-order chi connectivity index (χ0) is 13.5. The maximum Gasteiger partial charge on any atom is 0.173 e. The number of ether oxygens (including phenoxy) is 4. The molecule has 0 amide bonds. The van der Waals surface area contributed by atoms with E-state index in [1.807, 2.05) is 0 Å². The van der Waals surface area contributed by atoms with Gasteiger partial charge in [0.1, 0.15) is 11.5 Å². The van der Waals surface area contributed by atoms with Crippen molar-refractivity contribution in [3.8, 4) is 11.5 Å². The fourth-order valence-electron chi connectivity index (χ4n) is 1.45. The van der Waals surface area contributed by atoms with Gasteiger partial charge in [-0.05, 0) is 6.07 Å². The van der Waals surface area contributed by atoms with Crippen LogP contribution in [-0.4, -0.2) is 41.3 Å². The zero-order valence-electron chi connectivity index (χ0n) is 11.0. The van der Waals surface area contributed by atoms with Gasteiger partial charge in [0.2, 0.25) is 0 Å². The van der Waals surface area contributed by atoms with Crippen LogP contribution in [0.25, 0.3) is 0 Å². The summed E-state index contributed by atoms with van der Waals surface area (Å²) in [6.45, 7) is 0.478. The number of rotatable bonds is 7. The van der Waals surface area contributed by atoms with E-state index in [9.17, 15) is 0 Å². The molecule has 1 rings (SSSR count). The van der Waals surface area contributed by atoms with Gasteiger partial charge >= 0.3 is 0 Å². The first kappa shape index (κ1) is 14.9. The van der Waals surface area contributed by atoms with Crippen LogP contribution in [0.5, 0.6) is 11.5 Å². The molecule has 18 heavy (non-hydrogen) atoms. The molecule has 0 aliphatic rings. The Balaban J connectivity index is 2.84. The predicted octanol–water partition coefficient (Wildman–Crippen LogP) is 2.39. The van der Waals surface area contributed by atoms with E-state index in [0.717, 1.165) is 5.69 Å². The Morgan fingerprint density at radius 2 is 1.67 bits per heavy atom. The lowest BCUT2D eigenvalue weighted by Crippen LogP contribution is -2.23. The van der Waals surface area contributed by atoms with Crippen molar-refractivity contribution in [1.82, 2.24) is 0 Å². The van der Waals surface area contributed by atoms with E-state index in [0.29, 0.717) is 23.1 Å². The van der Waals surface area contributed by atoms with Gasteiger partial charge in [-0.25, -0.2) is 0 Å². The van der Waals surface area contributed by atoms with E-state index in [4.69, 9.17) is 30.5 Å². The van der Waals surface area contributed by atoms with Gasteiger partial charge in [0.25, 0.3) is 0 Å². The Labute approximate surface area is 112 Å². The third-order valence-corrected chi connectivity index (χ3v) is 2.75. The van der Waals surface area contributed by atoms with Crippen LogP contribution < -0.4 is 14.8 Å². The van der Waals surface area contributed by atoms with Crippen molar-refractivity contribution in [2.75, 3.05) is 40.3 Å². The Bertz CT molecular complexity index is 383. The van der Waals surface area contributed by atoms with Crippen LogP contribution in [0.4, 0.5) is 5.69 Å². The molecule has 0 atom stereocenters. The summed E-state index contributed by atoms with van der Waals surface area (Å²) in [6.07, 6.45) is -0.337. The van der Waals surface area contributed by atoms with Crippen molar-refractivity contribution >= 4 is 17.3 Å². The molecular formula is C12H18ClNO4. The minimum absolute atomic E-state index is 0.337. The number of methoxy groups -OCH3 is 4. The second-order valence-electron chi connectivity index (χ2n) is 3.47. The summed E-state index contributed by atoms with van der Waals surface area (Å²) in [6, 6.07) is 3.46. The van der Waals surface area contributed by atoms with Crippen molar-refractivity contribution in [1.29, 1.82) is 0 Å². The standard InChI is InChI=1S/C12H18ClNO4/c1-15-10-6-11(16-2)9(5-8(10)13)14-7-12(17-3)18-4/h5-6,12,14H,7H2,1-4H3. The molecule has 5 nitrogen and oxygen atoms in total. The predicted molar refractivity (Wildman–Crippen MR) is 70.9 cm³/mol. The van der Waals surface area contributed by atoms with E-state index in [1.54, 1.807) is 40.6 Å². The number of benzene rings is 1. The van der Waals surface area contributed by atoms with Gasteiger partial charge in [-0.15, -0.1) is 0 Å². The van der Waals surface area contributed by atoms with Crippen molar-refractivity contribution in [2.24, 2.45) is 0 Å². The van der Waals surface area contributed by atoms with Crippen LogP contribution in [0.3, 0.4) is 0 Å². The first-order valence-corrected chi connectivity index (χ1v) is 5.75. The monoisotopic (exact) mass is 275 g/mol. The average Bonchev–Trinajstić information content (AvgIpc) is 2.40. The highest BCUT2D eigenvalue weighted by Crippen LogP contribution is 2.35. The summed E-state index contributed by atoms with van der Waals surface area (Å²) in [5.74, 6) is 1.20. The fourth-order valence-corrected chi connectivity index (χ4v) is 1.70. The Morgan fingerprint density at radius 3 is 2.17 bits per heavy atom. The molecule has 1 aromatic carbocycles. The molecule has 0 heterocycles. The summed E-state index contributed by atoms with van der Waals surface area (Å²) in [4.78, 5) is 0. The van der Waals surface area contributed by atoms with E-state index >= 15 is 0 Å². The first-order chi connectivity index (χ1) is 8.65. The summed E-state index contributed by atoms with van der Waals surface area (Å²) in [5, 5.41) is 3.65. The molecule has 1 aromatic rings. The van der Waals surface area contributed by atoms with E-state index in [-0.39, 0.29) is 6.29 Å². The number of anilines is 1. The third-order valence-electron chi connectivity index (χ3n) is 2.46. The molecular weight excluding hydrogens is 258 g/mol. The largest absolute Gasteiger partial charge is 0.495 e. The van der Waals surface area contributed by atoms with Crippen LogP contribution in [-0.2, 0) is 9.47 Å². The molecule has 0 aliphatic heterocycles. The highest BCUT2D eigenvalue weighted by Gasteiger charge is 2.11. The number of nitrogens with one attached hydrogen (secondary N) is 1. The van der Waals surface area contributed by atoms with Crippen LogP contribution in [0.15, 0.2) is 12.1 Å². The van der Waals surface area contributed by atoms with Gasteiger partial charge in [-0.2, -0.15) is 0 Å². The number of hydrogen-bond acceptors (Lipinski definition) is 5. The smallest absolute Gasteiger partial charge is 0.173 e. The molecule has 0 saturated carbocycles. The van der Waals surface area contributed by atoms with Crippen LogP contribution in [0.2, 0.25) is 5.02 Å². The van der Waals surface area contributed by atoms with Crippen molar-refractivity contribution in [3.05, 3.63) is 17.2 Å². The first-order valence-electron chi connectivity index (χ1n) is 5.37. The van der Waals surface area contributed by atoms with Gasteiger partial charge < -0.3 is 24.3 Å². The molecule has 6 heteroatoms. The SMILES string of the molecule is COc1cc(OC)c(NCC(OC)OC)cc1Cl. The minimum Gasteiger partial charge on any atom is -0.495 e. The van der Waals surface area contributed by atoms with Crippen molar-refractivity contribution in [2.45, 2.75) is 6.29 Å². The van der Waals surface area contributed by atoms with Gasteiger partial charge in [0, 0.05) is 20.3 Å². The molecule has 0 aromatic heterocycles. The lowest BCUT2D eigenvalue weighted by atomic mass is 10.2. The summed E-state index contributed by atoms with van der Waals surface area (Å²) >= 11 is 6.06. The van der Waals surface area contributed by atoms with Crippen LogP contribution in [0, 0.1) is 0 Å². The van der Waals surface area contributed by atoms with Gasteiger partial charge in [-0.1, -0.05) is 11.6 Å². The molecule has 0 radical (unpaired) electrons. The van der Waals surface area contributed by atoms with Crippen molar-refractivity contribution < 1.29 is 18.9 Å². The van der Waals surface area contributed by atoms with E-state index in [2.05, 4.69) is 5.32 Å². The maximum atomic E-state index is 6.06.